The van der Waals surface area contributed by atoms with Gasteiger partial charge in [0.2, 0.25) is 5.91 Å². The number of carbonyl (C=O) groups is 2. The Kier molecular flexibility index (Phi) is 4.30. The van der Waals surface area contributed by atoms with Crippen LogP contribution in [0.4, 0.5) is 0 Å². The van der Waals surface area contributed by atoms with Gasteiger partial charge in [0.15, 0.2) is 0 Å². The molecule has 0 saturated heterocycles. The van der Waals surface area contributed by atoms with Crippen molar-refractivity contribution >= 4 is 23.2 Å². The van der Waals surface area contributed by atoms with E-state index in [1.54, 1.807) is 6.92 Å². The molecule has 0 saturated carbocycles. The lowest BCUT2D eigenvalue weighted by atomic mass is 10.2. The highest BCUT2D eigenvalue weighted by Crippen LogP contribution is 2.09. The zero-order valence-electron chi connectivity index (χ0n) is 8.40. The van der Waals surface area contributed by atoms with E-state index in [4.69, 9.17) is 5.11 Å². The third-order valence-corrected chi connectivity index (χ3v) is 2.83. The lowest BCUT2D eigenvalue weighted by Gasteiger charge is -2.11. The molecule has 15 heavy (non-hydrogen) atoms. The van der Waals surface area contributed by atoms with E-state index in [-0.39, 0.29) is 12.3 Å². The summed E-state index contributed by atoms with van der Waals surface area (Å²) in [5, 5.41) is 13.1. The van der Waals surface area contributed by atoms with Crippen molar-refractivity contribution in [1.29, 1.82) is 0 Å². The largest absolute Gasteiger partial charge is 0.480 e. The molecule has 0 radical (unpaired) electrons. The summed E-state index contributed by atoms with van der Waals surface area (Å²) in [5.41, 5.74) is 0. The number of hydrogen-bond acceptors (Lipinski definition) is 3. The van der Waals surface area contributed by atoms with Crippen molar-refractivity contribution < 1.29 is 14.7 Å². The molecular formula is C10H13NO3S. The Morgan fingerprint density at radius 3 is 2.80 bits per heavy atom. The number of carboxylic acids is 1. The van der Waals surface area contributed by atoms with Gasteiger partial charge < -0.3 is 10.4 Å². The van der Waals surface area contributed by atoms with Gasteiger partial charge in [0.25, 0.3) is 0 Å². The van der Waals surface area contributed by atoms with Gasteiger partial charge in [-0.3, -0.25) is 4.79 Å². The standard InChI is InChI=1S/C10H13NO3S/c1-2-8(10(13)14)11-9(12)6-7-4-3-5-15-7/h3-5,8H,2,6H2,1H3,(H,11,12)(H,13,14). The fraction of sp³-hybridized carbons (Fsp3) is 0.400. The van der Waals surface area contributed by atoms with E-state index in [1.165, 1.54) is 11.3 Å². The van der Waals surface area contributed by atoms with Crippen LogP contribution in [-0.2, 0) is 16.0 Å². The van der Waals surface area contributed by atoms with Gasteiger partial charge >= 0.3 is 5.97 Å². The van der Waals surface area contributed by atoms with Crippen LogP contribution >= 0.6 is 11.3 Å². The molecule has 0 aliphatic carbocycles. The molecule has 1 heterocycles. The maximum Gasteiger partial charge on any atom is 0.326 e. The van der Waals surface area contributed by atoms with Crippen molar-refractivity contribution in [2.24, 2.45) is 0 Å². The van der Waals surface area contributed by atoms with Gasteiger partial charge in [-0.2, -0.15) is 0 Å². The number of carbonyl (C=O) groups excluding carboxylic acids is 1. The van der Waals surface area contributed by atoms with Crippen LogP contribution in [0.3, 0.4) is 0 Å². The van der Waals surface area contributed by atoms with Gasteiger partial charge in [0.05, 0.1) is 6.42 Å². The minimum absolute atomic E-state index is 0.244. The van der Waals surface area contributed by atoms with Gasteiger partial charge in [-0.1, -0.05) is 13.0 Å². The summed E-state index contributed by atoms with van der Waals surface area (Å²) in [6, 6.07) is 2.94. The van der Waals surface area contributed by atoms with Crippen LogP contribution in [-0.4, -0.2) is 23.0 Å². The number of aliphatic carboxylic acids is 1. The van der Waals surface area contributed by atoms with E-state index in [2.05, 4.69) is 5.32 Å². The van der Waals surface area contributed by atoms with Crippen molar-refractivity contribution in [2.75, 3.05) is 0 Å². The Balaban J connectivity index is 2.45. The Bertz CT molecular complexity index is 334. The maximum absolute atomic E-state index is 11.4. The highest BCUT2D eigenvalue weighted by atomic mass is 32.1. The fourth-order valence-electron chi connectivity index (χ4n) is 1.16. The summed E-state index contributed by atoms with van der Waals surface area (Å²) in [5.74, 6) is -1.23. The van der Waals surface area contributed by atoms with Crippen molar-refractivity contribution in [2.45, 2.75) is 25.8 Å². The predicted octanol–water partition coefficient (Wildman–Crippen LogP) is 1.27. The molecule has 0 spiro atoms. The van der Waals surface area contributed by atoms with Crippen LogP contribution in [0.25, 0.3) is 0 Å². The molecule has 0 aromatic carbocycles. The summed E-state index contributed by atoms with van der Waals surface area (Å²) in [6.07, 6.45) is 0.646. The molecule has 0 bridgehead atoms. The first kappa shape index (κ1) is 11.7. The van der Waals surface area contributed by atoms with Crippen molar-refractivity contribution in [1.82, 2.24) is 5.32 Å². The Morgan fingerprint density at radius 2 is 2.33 bits per heavy atom. The average Bonchev–Trinajstić information content (AvgIpc) is 2.66. The second-order valence-corrected chi connectivity index (χ2v) is 4.15. The quantitative estimate of drug-likeness (QED) is 0.796. The summed E-state index contributed by atoms with van der Waals surface area (Å²) in [4.78, 5) is 23.0. The fourth-order valence-corrected chi connectivity index (χ4v) is 1.86. The molecule has 1 aromatic rings. The molecule has 1 unspecified atom stereocenters. The lowest BCUT2D eigenvalue weighted by Crippen LogP contribution is -2.40. The highest BCUT2D eigenvalue weighted by molar-refractivity contribution is 7.10. The van der Waals surface area contributed by atoms with Crippen molar-refractivity contribution in [3.8, 4) is 0 Å². The smallest absolute Gasteiger partial charge is 0.326 e. The van der Waals surface area contributed by atoms with E-state index in [1.807, 2.05) is 17.5 Å². The van der Waals surface area contributed by atoms with Crippen LogP contribution in [0.5, 0.6) is 0 Å². The Labute approximate surface area is 91.9 Å². The third kappa shape index (κ3) is 3.71. The monoisotopic (exact) mass is 227 g/mol. The molecule has 4 nitrogen and oxygen atoms in total. The first-order valence-corrected chi connectivity index (χ1v) is 5.56. The number of hydrogen-bond donors (Lipinski definition) is 2. The Hall–Kier alpha value is -1.36. The molecule has 0 aliphatic heterocycles. The molecule has 82 valence electrons. The highest BCUT2D eigenvalue weighted by Gasteiger charge is 2.17. The average molecular weight is 227 g/mol. The molecule has 5 heteroatoms. The van der Waals surface area contributed by atoms with Crippen molar-refractivity contribution in [3.05, 3.63) is 22.4 Å². The predicted molar refractivity (Wildman–Crippen MR) is 57.9 cm³/mol. The maximum atomic E-state index is 11.4. The molecule has 2 N–H and O–H groups in total. The van der Waals surface area contributed by atoms with Gasteiger partial charge in [-0.25, -0.2) is 4.79 Å². The Morgan fingerprint density at radius 1 is 1.60 bits per heavy atom. The molecule has 1 amide bonds. The second-order valence-electron chi connectivity index (χ2n) is 3.12. The van der Waals surface area contributed by atoms with Crippen LogP contribution in [0.1, 0.15) is 18.2 Å². The van der Waals surface area contributed by atoms with E-state index < -0.39 is 12.0 Å². The second kappa shape index (κ2) is 5.50. The van der Waals surface area contributed by atoms with Gasteiger partial charge in [-0.05, 0) is 17.9 Å². The third-order valence-electron chi connectivity index (χ3n) is 1.96. The normalized spacial score (nSPS) is 12.1. The van der Waals surface area contributed by atoms with Gasteiger partial charge in [0, 0.05) is 4.88 Å². The number of amides is 1. The molecule has 1 rings (SSSR count). The lowest BCUT2D eigenvalue weighted by molar-refractivity contribution is -0.141. The molecule has 1 atom stereocenters. The molecule has 0 aliphatic rings. The number of thiophene rings is 1. The minimum Gasteiger partial charge on any atom is -0.480 e. The zero-order chi connectivity index (χ0) is 11.3. The van der Waals surface area contributed by atoms with Crippen LogP contribution in [0.2, 0.25) is 0 Å². The van der Waals surface area contributed by atoms with Crippen LogP contribution in [0.15, 0.2) is 17.5 Å². The number of rotatable bonds is 5. The molecular weight excluding hydrogens is 214 g/mol. The first-order chi connectivity index (χ1) is 7.13. The van der Waals surface area contributed by atoms with Crippen LogP contribution in [0, 0.1) is 0 Å². The molecule has 1 aromatic heterocycles. The van der Waals surface area contributed by atoms with Gasteiger partial charge in [-0.15, -0.1) is 11.3 Å². The summed E-state index contributed by atoms with van der Waals surface area (Å²) in [7, 11) is 0. The summed E-state index contributed by atoms with van der Waals surface area (Å²) in [6.45, 7) is 1.73. The van der Waals surface area contributed by atoms with Crippen molar-refractivity contribution in [3.63, 3.8) is 0 Å². The van der Waals surface area contributed by atoms with E-state index in [0.29, 0.717) is 6.42 Å². The molecule has 0 fully saturated rings. The zero-order valence-corrected chi connectivity index (χ0v) is 9.21. The summed E-state index contributed by atoms with van der Waals surface area (Å²) < 4.78 is 0. The SMILES string of the molecule is CCC(NC(=O)Cc1cccs1)C(=O)O. The van der Waals surface area contributed by atoms with Crippen LogP contribution < -0.4 is 5.32 Å². The van der Waals surface area contributed by atoms with E-state index in [0.717, 1.165) is 4.88 Å². The number of carboxylic acid groups (broad SMARTS) is 1. The van der Waals surface area contributed by atoms with E-state index in [9.17, 15) is 9.59 Å². The topological polar surface area (TPSA) is 66.4 Å². The summed E-state index contributed by atoms with van der Waals surface area (Å²) >= 11 is 1.49. The first-order valence-electron chi connectivity index (χ1n) is 4.68. The number of nitrogens with one attached hydrogen (secondary N) is 1. The minimum atomic E-state index is -0.989. The van der Waals surface area contributed by atoms with Gasteiger partial charge in [0.1, 0.15) is 6.04 Å². The van der Waals surface area contributed by atoms with E-state index >= 15 is 0 Å².